The summed E-state index contributed by atoms with van der Waals surface area (Å²) in [7, 11) is 1.54. The van der Waals surface area contributed by atoms with E-state index in [0.717, 1.165) is 20.4 Å². The molecule has 0 saturated carbocycles. The Morgan fingerprint density at radius 1 is 1.13 bits per heavy atom. The SMILES string of the molecule is COc1cccc2cc(-c3csc(Cc4nc(-c5ccc(Br)cc5)no4)n3)c(=O)oc12. The van der Waals surface area contributed by atoms with Crippen LogP contribution < -0.4 is 10.4 Å². The minimum absolute atomic E-state index is 0.376. The van der Waals surface area contributed by atoms with Crippen LogP contribution in [0, 0.1) is 0 Å². The normalized spacial score (nSPS) is 11.2. The molecule has 2 aromatic carbocycles. The first-order valence-electron chi connectivity index (χ1n) is 9.25. The van der Waals surface area contributed by atoms with E-state index in [4.69, 9.17) is 13.7 Å². The summed E-state index contributed by atoms with van der Waals surface area (Å²) in [6.07, 6.45) is 0.376. The number of rotatable bonds is 5. The molecule has 0 spiro atoms. The number of benzene rings is 2. The van der Waals surface area contributed by atoms with Crippen molar-refractivity contribution in [3.63, 3.8) is 0 Å². The molecule has 9 heteroatoms. The van der Waals surface area contributed by atoms with Gasteiger partial charge >= 0.3 is 5.63 Å². The minimum Gasteiger partial charge on any atom is -0.493 e. The number of ether oxygens (including phenoxy) is 1. The van der Waals surface area contributed by atoms with Crippen molar-refractivity contribution in [3.05, 3.63) is 79.7 Å². The second-order valence-electron chi connectivity index (χ2n) is 6.65. The Balaban J connectivity index is 1.41. The van der Waals surface area contributed by atoms with Gasteiger partial charge in [-0.2, -0.15) is 4.98 Å². The van der Waals surface area contributed by atoms with Crippen molar-refractivity contribution in [3.8, 4) is 28.4 Å². The first-order chi connectivity index (χ1) is 15.1. The van der Waals surface area contributed by atoms with E-state index in [9.17, 15) is 4.79 Å². The monoisotopic (exact) mass is 495 g/mol. The topological polar surface area (TPSA) is 91.3 Å². The van der Waals surface area contributed by atoms with Crippen molar-refractivity contribution in [2.75, 3.05) is 7.11 Å². The molecule has 7 nitrogen and oxygen atoms in total. The maximum Gasteiger partial charge on any atom is 0.345 e. The van der Waals surface area contributed by atoms with Gasteiger partial charge in [0.2, 0.25) is 11.7 Å². The van der Waals surface area contributed by atoms with Gasteiger partial charge in [-0.05, 0) is 36.4 Å². The van der Waals surface area contributed by atoms with Gasteiger partial charge in [0.05, 0.1) is 24.8 Å². The van der Waals surface area contributed by atoms with Crippen LogP contribution in [-0.4, -0.2) is 22.2 Å². The number of methoxy groups -OCH3 is 1. The van der Waals surface area contributed by atoms with Crippen molar-refractivity contribution >= 4 is 38.2 Å². The number of fused-ring (bicyclic) bond motifs is 1. The van der Waals surface area contributed by atoms with Crippen LogP contribution in [0.3, 0.4) is 0 Å². The maximum absolute atomic E-state index is 12.6. The van der Waals surface area contributed by atoms with Crippen LogP contribution in [0.5, 0.6) is 5.75 Å². The van der Waals surface area contributed by atoms with Crippen LogP contribution in [0.15, 0.2) is 72.1 Å². The van der Waals surface area contributed by atoms with E-state index in [2.05, 4.69) is 31.1 Å². The molecule has 0 N–H and O–H groups in total. The highest BCUT2D eigenvalue weighted by Gasteiger charge is 2.16. The summed E-state index contributed by atoms with van der Waals surface area (Å²) in [4.78, 5) is 21.6. The zero-order valence-electron chi connectivity index (χ0n) is 16.2. The summed E-state index contributed by atoms with van der Waals surface area (Å²) in [6.45, 7) is 0. The van der Waals surface area contributed by atoms with Gasteiger partial charge in [0, 0.05) is 20.8 Å². The molecule has 0 radical (unpaired) electrons. The Morgan fingerprint density at radius 3 is 2.77 bits per heavy atom. The predicted octanol–water partition coefficient (Wildman–Crippen LogP) is 5.33. The molecule has 0 atom stereocenters. The van der Waals surface area contributed by atoms with Gasteiger partial charge in [0.1, 0.15) is 5.01 Å². The average Bonchev–Trinajstić information content (AvgIpc) is 3.43. The Kier molecular flexibility index (Phi) is 5.13. The van der Waals surface area contributed by atoms with Gasteiger partial charge in [-0.15, -0.1) is 11.3 Å². The lowest BCUT2D eigenvalue weighted by atomic mass is 10.1. The lowest BCUT2D eigenvalue weighted by Crippen LogP contribution is -2.03. The van der Waals surface area contributed by atoms with Gasteiger partial charge in [-0.1, -0.05) is 33.2 Å². The van der Waals surface area contributed by atoms with Crippen molar-refractivity contribution in [1.29, 1.82) is 0 Å². The fourth-order valence-electron chi connectivity index (χ4n) is 3.15. The molecule has 31 heavy (non-hydrogen) atoms. The van der Waals surface area contributed by atoms with Gasteiger partial charge in [0.15, 0.2) is 11.3 Å². The summed E-state index contributed by atoms with van der Waals surface area (Å²) in [5.74, 6) is 1.48. The van der Waals surface area contributed by atoms with Gasteiger partial charge in [0.25, 0.3) is 0 Å². The van der Waals surface area contributed by atoms with Gasteiger partial charge < -0.3 is 13.7 Å². The van der Waals surface area contributed by atoms with E-state index in [0.29, 0.717) is 40.7 Å². The van der Waals surface area contributed by atoms with Crippen molar-refractivity contribution in [2.24, 2.45) is 0 Å². The highest BCUT2D eigenvalue weighted by Crippen LogP contribution is 2.28. The third kappa shape index (κ3) is 3.89. The first-order valence-corrected chi connectivity index (χ1v) is 10.9. The van der Waals surface area contributed by atoms with E-state index in [1.807, 2.05) is 41.8 Å². The number of halogens is 1. The Bertz CT molecular complexity index is 1440. The highest BCUT2D eigenvalue weighted by atomic mass is 79.9. The van der Waals surface area contributed by atoms with E-state index >= 15 is 0 Å². The van der Waals surface area contributed by atoms with Crippen molar-refractivity contribution < 1.29 is 13.7 Å². The van der Waals surface area contributed by atoms with Crippen LogP contribution in [-0.2, 0) is 6.42 Å². The fourth-order valence-corrected chi connectivity index (χ4v) is 4.19. The van der Waals surface area contributed by atoms with E-state index < -0.39 is 5.63 Å². The largest absolute Gasteiger partial charge is 0.493 e. The molecule has 154 valence electrons. The van der Waals surface area contributed by atoms with Crippen molar-refractivity contribution in [2.45, 2.75) is 6.42 Å². The standard InChI is InChI=1S/C22H14BrN3O4S/c1-28-17-4-2-3-13-9-15(22(27)29-20(13)17)16-11-31-19(24-16)10-18-25-21(26-30-18)12-5-7-14(23)8-6-12/h2-9,11H,10H2,1H3. The Labute approximate surface area is 188 Å². The van der Waals surface area contributed by atoms with Gasteiger partial charge in [-0.3, -0.25) is 0 Å². The highest BCUT2D eigenvalue weighted by molar-refractivity contribution is 9.10. The third-order valence-electron chi connectivity index (χ3n) is 4.64. The number of hydrogen-bond acceptors (Lipinski definition) is 8. The smallest absolute Gasteiger partial charge is 0.345 e. The molecule has 0 bridgehead atoms. The number of nitrogens with zero attached hydrogens (tertiary/aromatic N) is 3. The predicted molar refractivity (Wildman–Crippen MR) is 120 cm³/mol. The molecule has 0 aliphatic rings. The molecule has 5 rings (SSSR count). The van der Waals surface area contributed by atoms with Crippen LogP contribution in [0.2, 0.25) is 0 Å². The summed E-state index contributed by atoms with van der Waals surface area (Å²) in [5, 5.41) is 7.38. The van der Waals surface area contributed by atoms with Crippen LogP contribution in [0.25, 0.3) is 33.6 Å². The van der Waals surface area contributed by atoms with E-state index in [1.165, 1.54) is 18.4 Å². The average molecular weight is 496 g/mol. The lowest BCUT2D eigenvalue weighted by Gasteiger charge is -2.04. The molecular weight excluding hydrogens is 482 g/mol. The van der Waals surface area contributed by atoms with Crippen LogP contribution in [0.1, 0.15) is 10.9 Å². The maximum atomic E-state index is 12.6. The second kappa shape index (κ2) is 8.09. The Morgan fingerprint density at radius 2 is 1.97 bits per heavy atom. The summed E-state index contributed by atoms with van der Waals surface area (Å²) >= 11 is 4.83. The molecule has 0 unspecified atom stereocenters. The summed E-state index contributed by atoms with van der Waals surface area (Å²) in [5.41, 5.74) is 1.75. The molecule has 0 saturated heterocycles. The summed E-state index contributed by atoms with van der Waals surface area (Å²) < 4.78 is 17.1. The third-order valence-corrected chi connectivity index (χ3v) is 6.02. The second-order valence-corrected chi connectivity index (χ2v) is 8.51. The van der Waals surface area contributed by atoms with Crippen molar-refractivity contribution in [1.82, 2.24) is 15.1 Å². The number of hydrogen-bond donors (Lipinski definition) is 0. The molecule has 0 aliphatic heterocycles. The number of para-hydroxylation sites is 1. The molecule has 3 heterocycles. The molecule has 0 fully saturated rings. The molecular formula is C22H14BrN3O4S. The van der Waals surface area contributed by atoms with E-state index in [1.54, 1.807) is 12.1 Å². The quantitative estimate of drug-likeness (QED) is 0.304. The molecule has 0 amide bonds. The fraction of sp³-hybridized carbons (Fsp3) is 0.0909. The molecule has 5 aromatic rings. The van der Waals surface area contributed by atoms with Crippen LogP contribution >= 0.6 is 27.3 Å². The minimum atomic E-state index is -0.468. The van der Waals surface area contributed by atoms with Crippen LogP contribution in [0.4, 0.5) is 0 Å². The van der Waals surface area contributed by atoms with Gasteiger partial charge in [-0.25, -0.2) is 9.78 Å². The molecule has 3 aromatic heterocycles. The zero-order valence-corrected chi connectivity index (χ0v) is 18.6. The van der Waals surface area contributed by atoms with E-state index in [-0.39, 0.29) is 0 Å². The molecule has 0 aliphatic carbocycles. The number of aromatic nitrogens is 3. The first kappa shape index (κ1) is 19.7. The number of thiazole rings is 1. The summed E-state index contributed by atoms with van der Waals surface area (Å²) in [6, 6.07) is 14.9. The lowest BCUT2D eigenvalue weighted by molar-refractivity contribution is 0.385. The Hall–Kier alpha value is -3.30. The zero-order chi connectivity index (χ0) is 21.4.